The molecule has 0 saturated carbocycles. The summed E-state index contributed by atoms with van der Waals surface area (Å²) in [7, 11) is 0. The maximum atomic E-state index is 10.6. The maximum absolute atomic E-state index is 10.6. The highest BCUT2D eigenvalue weighted by Gasteiger charge is 2.03. The molecular weight excluding hydrogens is 186 g/mol. The molecule has 13 heavy (non-hydrogen) atoms. The molecule has 0 spiro atoms. The molecule has 1 rings (SSSR count). The zero-order valence-corrected chi connectivity index (χ0v) is 7.95. The molecule has 0 aromatic carbocycles. The quantitative estimate of drug-likeness (QED) is 0.706. The van der Waals surface area contributed by atoms with Crippen molar-refractivity contribution in [3.8, 4) is 0 Å². The first-order valence-corrected chi connectivity index (χ1v) is 4.25. The van der Waals surface area contributed by atoms with Crippen LogP contribution in [-0.2, 0) is 6.42 Å². The van der Waals surface area contributed by atoms with Crippen LogP contribution in [0.3, 0.4) is 0 Å². The summed E-state index contributed by atoms with van der Waals surface area (Å²) in [6, 6.07) is 3.25. The molecule has 0 fully saturated rings. The molecule has 0 aliphatic heterocycles. The van der Waals surface area contributed by atoms with Crippen LogP contribution < -0.4 is 5.73 Å². The fraction of sp³-hybridized carbons (Fsp3) is 0.250. The lowest BCUT2D eigenvalue weighted by molar-refractivity contribution is 0.235. The summed E-state index contributed by atoms with van der Waals surface area (Å²) < 4.78 is 1.17. The molecule has 1 aromatic heterocycles. The van der Waals surface area contributed by atoms with E-state index in [0.29, 0.717) is 13.0 Å². The molecule has 1 heterocycles. The predicted molar refractivity (Wildman–Crippen MR) is 53.2 cm³/mol. The molecule has 0 atom stereocenters. The second kappa shape index (κ2) is 4.71. The molecule has 2 N–H and O–H groups in total. The average Bonchev–Trinajstić information content (AvgIpc) is 2.15. The van der Waals surface area contributed by atoms with E-state index in [0.717, 1.165) is 5.56 Å². The lowest BCUT2D eigenvalue weighted by atomic mass is 10.2. The number of aromatic nitrogens is 1. The number of thiol groups is 1. The number of carbonyl (C=O) groups is 1. The van der Waals surface area contributed by atoms with Gasteiger partial charge in [0.05, 0.1) is 0 Å². The third-order valence-electron chi connectivity index (χ3n) is 1.59. The number of urea groups is 1. The fourth-order valence-electron chi connectivity index (χ4n) is 0.891. The Morgan fingerprint density at radius 3 is 3.00 bits per heavy atom. The van der Waals surface area contributed by atoms with Crippen LogP contribution in [-0.4, -0.2) is 21.9 Å². The summed E-state index contributed by atoms with van der Waals surface area (Å²) in [6.07, 6.45) is 4.17. The Labute approximate surface area is 82.3 Å². The SMILES string of the molecule is NC(=O)N(S)CCc1cccnc1. The number of nitrogens with two attached hydrogens (primary N) is 1. The summed E-state index contributed by atoms with van der Waals surface area (Å²) in [5, 5.41) is 0. The predicted octanol–water partition coefficient (Wildman–Crippen LogP) is 0.850. The molecule has 0 aliphatic rings. The summed E-state index contributed by atoms with van der Waals surface area (Å²) in [5.41, 5.74) is 6.05. The Bertz CT molecular complexity index is 278. The van der Waals surface area contributed by atoms with Gasteiger partial charge >= 0.3 is 6.03 Å². The van der Waals surface area contributed by atoms with Crippen LogP contribution in [0.1, 0.15) is 5.56 Å². The zero-order valence-electron chi connectivity index (χ0n) is 7.05. The summed E-state index contributed by atoms with van der Waals surface area (Å²) in [4.78, 5) is 14.5. The maximum Gasteiger partial charge on any atom is 0.324 e. The van der Waals surface area contributed by atoms with Crippen molar-refractivity contribution in [2.24, 2.45) is 5.73 Å². The van der Waals surface area contributed by atoms with Crippen molar-refractivity contribution in [3.05, 3.63) is 30.1 Å². The van der Waals surface area contributed by atoms with Crippen molar-refractivity contribution in [1.29, 1.82) is 0 Å². The van der Waals surface area contributed by atoms with Gasteiger partial charge in [-0.05, 0) is 18.1 Å². The lowest BCUT2D eigenvalue weighted by Gasteiger charge is -2.11. The topological polar surface area (TPSA) is 59.2 Å². The van der Waals surface area contributed by atoms with Gasteiger partial charge in [-0.25, -0.2) is 4.79 Å². The Balaban J connectivity index is 2.39. The van der Waals surface area contributed by atoms with Crippen LogP contribution in [0.15, 0.2) is 24.5 Å². The first-order chi connectivity index (χ1) is 6.20. The van der Waals surface area contributed by atoms with Gasteiger partial charge in [0.1, 0.15) is 0 Å². The van der Waals surface area contributed by atoms with Gasteiger partial charge in [0, 0.05) is 18.9 Å². The largest absolute Gasteiger partial charge is 0.351 e. The van der Waals surface area contributed by atoms with Crippen molar-refractivity contribution < 1.29 is 4.79 Å². The highest BCUT2D eigenvalue weighted by Crippen LogP contribution is 2.00. The minimum atomic E-state index is -0.535. The Morgan fingerprint density at radius 1 is 1.69 bits per heavy atom. The standard InChI is InChI=1S/C8H11N3OS/c9-8(12)11(13)5-3-7-2-1-4-10-6-7/h1-2,4,6,13H,3,5H2,(H2,9,12). The van der Waals surface area contributed by atoms with Gasteiger partial charge in [0.15, 0.2) is 0 Å². The van der Waals surface area contributed by atoms with Gasteiger partial charge in [0.25, 0.3) is 0 Å². The minimum Gasteiger partial charge on any atom is -0.351 e. The molecule has 0 bridgehead atoms. The van der Waals surface area contributed by atoms with E-state index in [-0.39, 0.29) is 0 Å². The van der Waals surface area contributed by atoms with Crippen LogP contribution in [0.25, 0.3) is 0 Å². The molecule has 4 nitrogen and oxygen atoms in total. The molecule has 0 radical (unpaired) electrons. The van der Waals surface area contributed by atoms with Gasteiger partial charge in [-0.3, -0.25) is 9.29 Å². The molecule has 70 valence electrons. The lowest BCUT2D eigenvalue weighted by Crippen LogP contribution is -2.29. The van der Waals surface area contributed by atoms with Crippen molar-refractivity contribution in [2.45, 2.75) is 6.42 Å². The number of rotatable bonds is 3. The van der Waals surface area contributed by atoms with E-state index in [1.54, 1.807) is 12.4 Å². The van der Waals surface area contributed by atoms with Crippen LogP contribution in [0.5, 0.6) is 0 Å². The summed E-state index contributed by atoms with van der Waals surface area (Å²) in [5.74, 6) is 0. The van der Waals surface area contributed by atoms with E-state index in [9.17, 15) is 4.79 Å². The molecule has 2 amide bonds. The first kappa shape index (κ1) is 9.85. The molecular formula is C8H11N3OS. The van der Waals surface area contributed by atoms with Crippen molar-refractivity contribution in [3.63, 3.8) is 0 Å². The smallest absolute Gasteiger partial charge is 0.324 e. The van der Waals surface area contributed by atoms with Crippen LogP contribution >= 0.6 is 12.8 Å². The molecule has 0 unspecified atom stereocenters. The van der Waals surface area contributed by atoms with E-state index in [1.807, 2.05) is 12.1 Å². The van der Waals surface area contributed by atoms with Gasteiger partial charge in [-0.15, -0.1) is 0 Å². The Hall–Kier alpha value is -1.23. The molecule has 0 aliphatic carbocycles. The highest BCUT2D eigenvalue weighted by atomic mass is 32.1. The normalized spacial score (nSPS) is 9.62. The highest BCUT2D eigenvalue weighted by molar-refractivity contribution is 7.78. The van der Waals surface area contributed by atoms with Crippen molar-refractivity contribution >= 4 is 18.8 Å². The van der Waals surface area contributed by atoms with E-state index in [4.69, 9.17) is 5.73 Å². The number of hydrogen-bond donors (Lipinski definition) is 2. The third-order valence-corrected chi connectivity index (χ3v) is 1.99. The van der Waals surface area contributed by atoms with Gasteiger partial charge in [-0.1, -0.05) is 18.9 Å². The van der Waals surface area contributed by atoms with E-state index < -0.39 is 6.03 Å². The Kier molecular flexibility index (Phi) is 3.57. The zero-order chi connectivity index (χ0) is 9.68. The number of pyridine rings is 1. The first-order valence-electron chi connectivity index (χ1n) is 3.85. The number of nitrogens with zero attached hydrogens (tertiary/aromatic N) is 2. The van der Waals surface area contributed by atoms with Crippen molar-refractivity contribution in [1.82, 2.24) is 9.29 Å². The number of primary amides is 1. The number of carbonyl (C=O) groups excluding carboxylic acids is 1. The van der Waals surface area contributed by atoms with Gasteiger partial charge in [0.2, 0.25) is 0 Å². The van der Waals surface area contributed by atoms with Crippen LogP contribution in [0, 0.1) is 0 Å². The van der Waals surface area contributed by atoms with Crippen LogP contribution in [0.2, 0.25) is 0 Å². The summed E-state index contributed by atoms with van der Waals surface area (Å²) >= 11 is 3.89. The Morgan fingerprint density at radius 2 is 2.46 bits per heavy atom. The monoisotopic (exact) mass is 197 g/mol. The fourth-order valence-corrected chi connectivity index (χ4v) is 0.991. The molecule has 0 saturated heterocycles. The van der Waals surface area contributed by atoms with Gasteiger partial charge < -0.3 is 5.73 Å². The summed E-state index contributed by atoms with van der Waals surface area (Å²) in [6.45, 7) is 0.490. The van der Waals surface area contributed by atoms with E-state index in [1.165, 1.54) is 4.31 Å². The van der Waals surface area contributed by atoms with Crippen LogP contribution in [0.4, 0.5) is 4.79 Å². The number of amides is 2. The van der Waals surface area contributed by atoms with E-state index in [2.05, 4.69) is 17.8 Å². The van der Waals surface area contributed by atoms with Gasteiger partial charge in [-0.2, -0.15) is 0 Å². The third kappa shape index (κ3) is 3.33. The average molecular weight is 197 g/mol. The molecule has 1 aromatic rings. The molecule has 5 heteroatoms. The second-order valence-electron chi connectivity index (χ2n) is 2.57. The number of hydrogen-bond acceptors (Lipinski definition) is 3. The van der Waals surface area contributed by atoms with E-state index >= 15 is 0 Å². The second-order valence-corrected chi connectivity index (χ2v) is 3.06. The minimum absolute atomic E-state index is 0.490. The van der Waals surface area contributed by atoms with Crippen molar-refractivity contribution in [2.75, 3.05) is 6.54 Å².